The Labute approximate surface area is 149 Å². The molecule has 0 N–H and O–H groups in total. The monoisotopic (exact) mass is 347 g/mol. The molecule has 3 heterocycles. The molecule has 0 spiro atoms. The number of amides is 1. The number of ether oxygens (including phenoxy) is 1. The third-order valence-corrected chi connectivity index (χ3v) is 5.87. The number of carbonyl (C=O) groups is 1. The average Bonchev–Trinajstić information content (AvgIpc) is 3.35. The topological polar surface area (TPSA) is 63.5 Å². The fourth-order valence-corrected chi connectivity index (χ4v) is 4.35. The van der Waals surface area contributed by atoms with Crippen molar-refractivity contribution in [1.82, 2.24) is 24.6 Å². The van der Waals surface area contributed by atoms with E-state index in [1.165, 1.54) is 32.1 Å². The summed E-state index contributed by atoms with van der Waals surface area (Å²) in [6.07, 6.45) is 10.1. The molecule has 0 aromatic carbocycles. The van der Waals surface area contributed by atoms with Gasteiger partial charge in [-0.1, -0.05) is 19.3 Å². The second-order valence-electron chi connectivity index (χ2n) is 7.55. The highest BCUT2D eigenvalue weighted by Gasteiger charge is 2.30. The molecule has 25 heavy (non-hydrogen) atoms. The summed E-state index contributed by atoms with van der Waals surface area (Å²) in [6, 6.07) is 0.570. The quantitative estimate of drug-likeness (QED) is 0.828. The molecule has 0 bridgehead atoms. The second kappa shape index (κ2) is 7.83. The molecule has 1 amide bonds. The van der Waals surface area contributed by atoms with E-state index >= 15 is 0 Å². The molecule has 3 aliphatic rings. The van der Waals surface area contributed by atoms with E-state index in [2.05, 4.69) is 19.7 Å². The molecule has 2 aliphatic heterocycles. The van der Waals surface area contributed by atoms with E-state index in [0.29, 0.717) is 6.04 Å². The van der Waals surface area contributed by atoms with Crippen LogP contribution in [0.1, 0.15) is 56.8 Å². The van der Waals surface area contributed by atoms with E-state index in [1.807, 2.05) is 11.2 Å². The molecule has 1 saturated carbocycles. The van der Waals surface area contributed by atoms with Gasteiger partial charge in [0.15, 0.2) is 0 Å². The summed E-state index contributed by atoms with van der Waals surface area (Å²) < 4.78 is 7.83. The number of aromatic nitrogens is 3. The van der Waals surface area contributed by atoms with Crippen LogP contribution in [0.5, 0.6) is 0 Å². The summed E-state index contributed by atoms with van der Waals surface area (Å²) in [6.45, 7) is 4.93. The van der Waals surface area contributed by atoms with Crippen molar-refractivity contribution in [3.8, 4) is 0 Å². The maximum Gasteiger partial charge on any atom is 0.251 e. The van der Waals surface area contributed by atoms with Gasteiger partial charge in [0.1, 0.15) is 18.3 Å². The van der Waals surface area contributed by atoms with Crippen LogP contribution in [0.25, 0.3) is 0 Å². The van der Waals surface area contributed by atoms with Crippen LogP contribution in [-0.2, 0) is 16.1 Å². The van der Waals surface area contributed by atoms with Crippen molar-refractivity contribution in [2.75, 3.05) is 32.8 Å². The zero-order valence-corrected chi connectivity index (χ0v) is 15.0. The van der Waals surface area contributed by atoms with Gasteiger partial charge in [-0.3, -0.25) is 9.69 Å². The lowest BCUT2D eigenvalue weighted by Crippen LogP contribution is -2.51. The Morgan fingerprint density at radius 1 is 1.08 bits per heavy atom. The van der Waals surface area contributed by atoms with Crippen molar-refractivity contribution < 1.29 is 9.53 Å². The first kappa shape index (κ1) is 17.0. The molecule has 1 atom stereocenters. The van der Waals surface area contributed by atoms with Crippen LogP contribution >= 0.6 is 0 Å². The Balaban J connectivity index is 1.30. The van der Waals surface area contributed by atoms with E-state index in [-0.39, 0.29) is 12.0 Å². The fourth-order valence-electron chi connectivity index (χ4n) is 4.35. The van der Waals surface area contributed by atoms with Crippen LogP contribution in [-0.4, -0.2) is 69.4 Å². The first-order valence-corrected chi connectivity index (χ1v) is 9.82. The molecule has 1 aliphatic carbocycles. The molecule has 4 rings (SSSR count). The summed E-state index contributed by atoms with van der Waals surface area (Å²) in [7, 11) is 0. The smallest absolute Gasteiger partial charge is 0.251 e. The molecule has 2 saturated heterocycles. The van der Waals surface area contributed by atoms with E-state index in [4.69, 9.17) is 4.74 Å². The molecule has 1 aromatic rings. The Kier molecular flexibility index (Phi) is 5.31. The third kappa shape index (κ3) is 3.87. The predicted octanol–water partition coefficient (Wildman–Crippen LogP) is 1.61. The number of hydrogen-bond donors (Lipinski definition) is 0. The Morgan fingerprint density at radius 3 is 2.60 bits per heavy atom. The van der Waals surface area contributed by atoms with Crippen LogP contribution in [0.4, 0.5) is 0 Å². The minimum atomic E-state index is -0.194. The zero-order valence-electron chi connectivity index (χ0n) is 15.0. The number of hydrogen-bond acceptors (Lipinski definition) is 5. The molecule has 3 fully saturated rings. The highest BCUT2D eigenvalue weighted by Crippen LogP contribution is 2.28. The summed E-state index contributed by atoms with van der Waals surface area (Å²) in [5.41, 5.74) is 0. The minimum absolute atomic E-state index is 0.183. The highest BCUT2D eigenvalue weighted by atomic mass is 16.5. The van der Waals surface area contributed by atoms with Crippen molar-refractivity contribution in [3.63, 3.8) is 0 Å². The molecule has 138 valence electrons. The second-order valence-corrected chi connectivity index (χ2v) is 7.55. The number of piperazine rings is 1. The van der Waals surface area contributed by atoms with Crippen LogP contribution in [0.15, 0.2) is 6.33 Å². The molecule has 1 aromatic heterocycles. The number of nitrogens with zero attached hydrogens (tertiary/aromatic N) is 5. The van der Waals surface area contributed by atoms with E-state index in [1.54, 1.807) is 0 Å². The van der Waals surface area contributed by atoms with Crippen molar-refractivity contribution in [1.29, 1.82) is 0 Å². The van der Waals surface area contributed by atoms with Crippen LogP contribution in [0.3, 0.4) is 0 Å². The number of rotatable bonds is 4. The molecule has 7 nitrogen and oxygen atoms in total. The van der Waals surface area contributed by atoms with Crippen molar-refractivity contribution in [2.45, 2.75) is 63.6 Å². The van der Waals surface area contributed by atoms with Crippen molar-refractivity contribution >= 4 is 5.91 Å². The normalized spacial score (nSPS) is 26.2. The maximum absolute atomic E-state index is 12.4. The van der Waals surface area contributed by atoms with E-state index in [9.17, 15) is 4.79 Å². The number of carbonyl (C=O) groups excluding carboxylic acids is 1. The van der Waals surface area contributed by atoms with Gasteiger partial charge in [-0.25, -0.2) is 0 Å². The van der Waals surface area contributed by atoms with E-state index < -0.39 is 0 Å². The minimum Gasteiger partial charge on any atom is -0.368 e. The van der Waals surface area contributed by atoms with Gasteiger partial charge < -0.3 is 14.2 Å². The Hall–Kier alpha value is -1.47. The summed E-state index contributed by atoms with van der Waals surface area (Å²) in [4.78, 5) is 16.8. The molecule has 0 radical (unpaired) electrons. The Bertz CT molecular complexity index is 570. The fraction of sp³-hybridized carbons (Fsp3) is 0.833. The van der Waals surface area contributed by atoms with Gasteiger partial charge in [-0.05, 0) is 25.7 Å². The van der Waals surface area contributed by atoms with Gasteiger partial charge in [-0.2, -0.15) is 0 Å². The lowest BCUT2D eigenvalue weighted by molar-refractivity contribution is -0.142. The van der Waals surface area contributed by atoms with Gasteiger partial charge in [0.25, 0.3) is 5.91 Å². The van der Waals surface area contributed by atoms with Crippen LogP contribution < -0.4 is 0 Å². The maximum atomic E-state index is 12.4. The van der Waals surface area contributed by atoms with Crippen molar-refractivity contribution in [2.24, 2.45) is 0 Å². The largest absolute Gasteiger partial charge is 0.368 e. The van der Waals surface area contributed by atoms with Gasteiger partial charge >= 0.3 is 0 Å². The average molecular weight is 347 g/mol. The van der Waals surface area contributed by atoms with Gasteiger partial charge in [0.05, 0.1) is 6.54 Å². The summed E-state index contributed by atoms with van der Waals surface area (Å²) in [5, 5.41) is 8.54. The Morgan fingerprint density at radius 2 is 1.88 bits per heavy atom. The molecular formula is C18H29N5O2. The zero-order chi connectivity index (χ0) is 17.1. The molecule has 0 unspecified atom stereocenters. The standard InChI is InChI=1S/C18H29N5O2/c24-18(16-7-4-12-25-16)22-10-8-21(9-11-22)13-17-20-19-14-23(17)15-5-2-1-3-6-15/h14-16H,1-13H2/t16-/m1/s1. The molecular weight excluding hydrogens is 318 g/mol. The van der Waals surface area contributed by atoms with Gasteiger partial charge in [0.2, 0.25) is 0 Å². The summed E-state index contributed by atoms with van der Waals surface area (Å²) in [5.74, 6) is 1.26. The van der Waals surface area contributed by atoms with Crippen LogP contribution in [0.2, 0.25) is 0 Å². The highest BCUT2D eigenvalue weighted by molar-refractivity contribution is 5.81. The SMILES string of the molecule is O=C([C@H]1CCCO1)N1CCN(Cc2nncn2C2CCCCC2)CC1. The van der Waals surface area contributed by atoms with Gasteiger partial charge in [0, 0.05) is 38.8 Å². The lowest BCUT2D eigenvalue weighted by atomic mass is 9.95. The predicted molar refractivity (Wildman–Crippen MR) is 93.0 cm³/mol. The van der Waals surface area contributed by atoms with E-state index in [0.717, 1.165) is 58.0 Å². The van der Waals surface area contributed by atoms with Gasteiger partial charge in [-0.15, -0.1) is 10.2 Å². The first-order chi connectivity index (χ1) is 12.3. The van der Waals surface area contributed by atoms with Crippen molar-refractivity contribution in [3.05, 3.63) is 12.2 Å². The lowest BCUT2D eigenvalue weighted by Gasteiger charge is -2.35. The molecule has 7 heteroatoms. The van der Waals surface area contributed by atoms with Crippen LogP contribution in [0, 0.1) is 0 Å². The first-order valence-electron chi connectivity index (χ1n) is 9.82. The summed E-state index contributed by atoms with van der Waals surface area (Å²) >= 11 is 0. The third-order valence-electron chi connectivity index (χ3n) is 5.87.